The van der Waals surface area contributed by atoms with Gasteiger partial charge >= 0.3 is 5.97 Å². The molecule has 27 heavy (non-hydrogen) atoms. The fourth-order valence-electron chi connectivity index (χ4n) is 3.73. The van der Waals surface area contributed by atoms with Crippen LogP contribution in [0.3, 0.4) is 0 Å². The molecule has 0 aliphatic heterocycles. The molecule has 1 aliphatic rings. The van der Waals surface area contributed by atoms with E-state index < -0.39 is 0 Å². The maximum absolute atomic E-state index is 11.2. The van der Waals surface area contributed by atoms with E-state index in [0.29, 0.717) is 6.04 Å². The van der Waals surface area contributed by atoms with E-state index in [2.05, 4.69) is 50.2 Å². The number of fused-ring (bicyclic) bond motifs is 2. The van der Waals surface area contributed by atoms with Crippen molar-refractivity contribution in [2.75, 3.05) is 13.7 Å². The highest BCUT2D eigenvalue weighted by molar-refractivity contribution is 5.87. The molecule has 1 atom stereocenters. The average Bonchev–Trinajstić information content (AvgIpc) is 3.30. The summed E-state index contributed by atoms with van der Waals surface area (Å²) in [6, 6.07) is 15.0. The van der Waals surface area contributed by atoms with Crippen molar-refractivity contribution in [3.05, 3.63) is 71.4 Å². The third-order valence-corrected chi connectivity index (χ3v) is 5.12. The van der Waals surface area contributed by atoms with Crippen molar-refractivity contribution in [1.82, 2.24) is 15.1 Å². The zero-order valence-corrected chi connectivity index (χ0v) is 15.4. The number of ether oxygens (including phenoxy) is 1. The molecule has 3 aromatic rings. The summed E-state index contributed by atoms with van der Waals surface area (Å²) in [5.74, 6) is -0.332. The molecule has 1 unspecified atom stereocenters. The molecule has 138 valence electrons. The molecule has 1 aromatic heterocycles. The average molecular weight is 361 g/mol. The second-order valence-electron chi connectivity index (χ2n) is 6.79. The molecule has 0 amide bonds. The number of rotatable bonds is 6. The van der Waals surface area contributed by atoms with Crippen molar-refractivity contribution in [2.45, 2.75) is 25.4 Å². The van der Waals surface area contributed by atoms with E-state index in [-0.39, 0.29) is 5.97 Å². The van der Waals surface area contributed by atoms with Crippen LogP contribution < -0.4 is 5.32 Å². The first-order valence-corrected chi connectivity index (χ1v) is 9.27. The van der Waals surface area contributed by atoms with Crippen molar-refractivity contribution in [3.63, 3.8) is 0 Å². The van der Waals surface area contributed by atoms with Gasteiger partial charge in [-0.1, -0.05) is 36.4 Å². The van der Waals surface area contributed by atoms with E-state index in [4.69, 9.17) is 0 Å². The zero-order valence-electron chi connectivity index (χ0n) is 15.4. The minimum Gasteiger partial charge on any atom is -0.466 e. The number of carbonyl (C=O) groups is 1. The van der Waals surface area contributed by atoms with E-state index in [0.717, 1.165) is 31.5 Å². The van der Waals surface area contributed by atoms with E-state index in [9.17, 15) is 4.79 Å². The number of hydrogen-bond donors (Lipinski definition) is 1. The third kappa shape index (κ3) is 3.78. The second kappa shape index (κ2) is 7.76. The summed E-state index contributed by atoms with van der Waals surface area (Å²) >= 11 is 0. The Labute approximate surface area is 158 Å². The molecule has 1 heterocycles. The lowest BCUT2D eigenvalue weighted by Crippen LogP contribution is -2.24. The Morgan fingerprint density at radius 1 is 1.33 bits per heavy atom. The van der Waals surface area contributed by atoms with E-state index in [1.54, 1.807) is 6.08 Å². The summed E-state index contributed by atoms with van der Waals surface area (Å²) in [7, 11) is 1.39. The number of benzene rings is 2. The lowest BCUT2D eigenvalue weighted by Gasteiger charge is -2.14. The number of aryl methyl sites for hydroxylation is 1. The largest absolute Gasteiger partial charge is 0.466 e. The maximum atomic E-state index is 11.2. The van der Waals surface area contributed by atoms with Gasteiger partial charge in [0.2, 0.25) is 0 Å². The van der Waals surface area contributed by atoms with Gasteiger partial charge in [-0.15, -0.1) is 0 Å². The van der Waals surface area contributed by atoms with Gasteiger partial charge in [0.15, 0.2) is 0 Å². The van der Waals surface area contributed by atoms with Gasteiger partial charge in [-0.05, 0) is 41.7 Å². The van der Waals surface area contributed by atoms with Crippen molar-refractivity contribution in [2.24, 2.45) is 0 Å². The monoisotopic (exact) mass is 361 g/mol. The SMILES string of the molecule is COC(=O)/C=C/c1ccc2c(c1)CCC2NCCn1ncc2ccccc21. The van der Waals surface area contributed by atoms with Crippen LogP contribution in [0.25, 0.3) is 17.0 Å². The van der Waals surface area contributed by atoms with Crippen molar-refractivity contribution in [1.29, 1.82) is 0 Å². The molecular weight excluding hydrogens is 338 g/mol. The Kier molecular flexibility index (Phi) is 5.03. The minimum atomic E-state index is -0.332. The lowest BCUT2D eigenvalue weighted by molar-refractivity contribution is -0.134. The van der Waals surface area contributed by atoms with Crippen molar-refractivity contribution >= 4 is 22.9 Å². The molecule has 5 heteroatoms. The lowest BCUT2D eigenvalue weighted by atomic mass is 10.0. The van der Waals surface area contributed by atoms with E-state index in [1.165, 1.54) is 35.2 Å². The van der Waals surface area contributed by atoms with Crippen LogP contribution in [0.15, 0.2) is 54.7 Å². The zero-order chi connectivity index (χ0) is 18.6. The minimum absolute atomic E-state index is 0.332. The molecule has 0 spiro atoms. The van der Waals surface area contributed by atoms with Crippen LogP contribution in [0.5, 0.6) is 0 Å². The van der Waals surface area contributed by atoms with Crippen LogP contribution in [0.4, 0.5) is 0 Å². The Morgan fingerprint density at radius 2 is 2.22 bits per heavy atom. The second-order valence-corrected chi connectivity index (χ2v) is 6.79. The van der Waals surface area contributed by atoms with Gasteiger partial charge < -0.3 is 10.1 Å². The van der Waals surface area contributed by atoms with Crippen LogP contribution >= 0.6 is 0 Å². The summed E-state index contributed by atoms with van der Waals surface area (Å²) < 4.78 is 6.69. The molecule has 0 radical (unpaired) electrons. The third-order valence-electron chi connectivity index (χ3n) is 5.12. The maximum Gasteiger partial charge on any atom is 0.330 e. The molecule has 1 N–H and O–H groups in total. The van der Waals surface area contributed by atoms with Gasteiger partial charge in [0.25, 0.3) is 0 Å². The fourth-order valence-corrected chi connectivity index (χ4v) is 3.73. The van der Waals surface area contributed by atoms with Crippen molar-refractivity contribution in [3.8, 4) is 0 Å². The summed E-state index contributed by atoms with van der Waals surface area (Å²) in [5.41, 5.74) is 4.91. The summed E-state index contributed by atoms with van der Waals surface area (Å²) in [5, 5.41) is 9.33. The Morgan fingerprint density at radius 3 is 3.11 bits per heavy atom. The Bertz CT molecular complexity index is 990. The molecule has 2 aromatic carbocycles. The van der Waals surface area contributed by atoms with Crippen LogP contribution in [0, 0.1) is 0 Å². The van der Waals surface area contributed by atoms with Gasteiger partial charge in [0.1, 0.15) is 0 Å². The molecule has 0 saturated carbocycles. The number of nitrogens with zero attached hydrogens (tertiary/aromatic N) is 2. The standard InChI is InChI=1S/C22H23N3O2/c1-27-22(26)11-7-16-6-9-19-17(14-16)8-10-20(19)23-12-13-25-21-5-3-2-4-18(21)15-24-25/h2-7,9,11,14-15,20,23H,8,10,12-13H2,1H3/b11-7+. The first-order valence-electron chi connectivity index (χ1n) is 9.27. The molecule has 0 fully saturated rings. The quantitative estimate of drug-likeness (QED) is 0.539. The van der Waals surface area contributed by atoms with Gasteiger partial charge in [0.05, 0.1) is 25.4 Å². The number of para-hydroxylation sites is 1. The number of aromatic nitrogens is 2. The fraction of sp³-hybridized carbons (Fsp3) is 0.273. The Hall–Kier alpha value is -2.92. The molecule has 1 aliphatic carbocycles. The van der Waals surface area contributed by atoms with Gasteiger partial charge in [-0.3, -0.25) is 4.68 Å². The highest BCUT2D eigenvalue weighted by Crippen LogP contribution is 2.32. The van der Waals surface area contributed by atoms with Gasteiger partial charge in [0, 0.05) is 24.0 Å². The highest BCUT2D eigenvalue weighted by atomic mass is 16.5. The first-order chi connectivity index (χ1) is 13.2. The summed E-state index contributed by atoms with van der Waals surface area (Å²) in [6.45, 7) is 1.72. The molecule has 0 bridgehead atoms. The first kappa shape index (κ1) is 17.5. The van der Waals surface area contributed by atoms with Crippen LogP contribution in [-0.2, 0) is 22.5 Å². The van der Waals surface area contributed by atoms with Crippen molar-refractivity contribution < 1.29 is 9.53 Å². The van der Waals surface area contributed by atoms with E-state index in [1.807, 2.05) is 18.3 Å². The van der Waals surface area contributed by atoms with E-state index >= 15 is 0 Å². The normalized spacial score (nSPS) is 16.1. The predicted molar refractivity (Wildman–Crippen MR) is 106 cm³/mol. The van der Waals surface area contributed by atoms with Crippen LogP contribution in [0.2, 0.25) is 0 Å². The van der Waals surface area contributed by atoms with Crippen LogP contribution in [0.1, 0.15) is 29.2 Å². The smallest absolute Gasteiger partial charge is 0.330 e. The number of hydrogen-bond acceptors (Lipinski definition) is 4. The molecular formula is C22H23N3O2. The number of methoxy groups -OCH3 is 1. The number of esters is 1. The van der Waals surface area contributed by atoms with Crippen LogP contribution in [-0.4, -0.2) is 29.4 Å². The van der Waals surface area contributed by atoms with Gasteiger partial charge in [-0.25, -0.2) is 4.79 Å². The summed E-state index contributed by atoms with van der Waals surface area (Å²) in [4.78, 5) is 11.2. The Balaban J connectivity index is 1.38. The predicted octanol–water partition coefficient (Wildman–Crippen LogP) is 3.50. The molecule has 5 nitrogen and oxygen atoms in total. The summed E-state index contributed by atoms with van der Waals surface area (Å²) in [6.07, 6.45) is 7.33. The number of carbonyl (C=O) groups excluding carboxylic acids is 1. The number of nitrogens with one attached hydrogen (secondary N) is 1. The highest BCUT2D eigenvalue weighted by Gasteiger charge is 2.21. The van der Waals surface area contributed by atoms with Gasteiger partial charge in [-0.2, -0.15) is 5.10 Å². The molecule has 0 saturated heterocycles. The molecule has 4 rings (SSSR count). The topological polar surface area (TPSA) is 56.1 Å².